The fourth-order valence-corrected chi connectivity index (χ4v) is 2.14. The van der Waals surface area contributed by atoms with E-state index in [2.05, 4.69) is 5.10 Å². The van der Waals surface area contributed by atoms with Crippen LogP contribution in [0, 0.1) is 10.1 Å². The first-order valence-electron chi connectivity index (χ1n) is 6.13. The molecule has 2 aromatic rings. The van der Waals surface area contributed by atoms with Gasteiger partial charge in [0, 0.05) is 24.2 Å². The number of nitrogen functional groups attached to an aromatic ring is 1. The molecular formula is C13H16N4O3. The highest BCUT2D eigenvalue weighted by molar-refractivity contribution is 5.72. The van der Waals surface area contributed by atoms with E-state index in [4.69, 9.17) is 10.5 Å². The van der Waals surface area contributed by atoms with Crippen molar-refractivity contribution < 1.29 is 9.66 Å². The van der Waals surface area contributed by atoms with Gasteiger partial charge in [-0.1, -0.05) is 6.92 Å². The topological polar surface area (TPSA) is 96.2 Å². The van der Waals surface area contributed by atoms with E-state index in [0.717, 1.165) is 5.56 Å². The molecule has 1 aromatic carbocycles. The van der Waals surface area contributed by atoms with Crippen LogP contribution in [0.25, 0.3) is 11.3 Å². The smallest absolute Gasteiger partial charge is 0.311 e. The molecular weight excluding hydrogens is 260 g/mol. The highest BCUT2D eigenvalue weighted by Gasteiger charge is 2.20. The molecule has 0 fully saturated rings. The van der Waals surface area contributed by atoms with E-state index in [0.29, 0.717) is 23.5 Å². The van der Waals surface area contributed by atoms with E-state index in [1.807, 2.05) is 6.92 Å². The quantitative estimate of drug-likeness (QED) is 0.681. The minimum atomic E-state index is -0.472. The molecule has 0 bridgehead atoms. The summed E-state index contributed by atoms with van der Waals surface area (Å²) >= 11 is 0. The van der Waals surface area contributed by atoms with E-state index in [-0.39, 0.29) is 11.4 Å². The minimum absolute atomic E-state index is 0.0868. The summed E-state index contributed by atoms with van der Waals surface area (Å²) in [6, 6.07) is 4.77. The van der Waals surface area contributed by atoms with Crippen molar-refractivity contribution in [2.45, 2.75) is 13.3 Å². The number of methoxy groups -OCH3 is 1. The molecule has 0 saturated carbocycles. The average molecular weight is 276 g/mol. The van der Waals surface area contributed by atoms with E-state index < -0.39 is 4.92 Å². The van der Waals surface area contributed by atoms with Crippen molar-refractivity contribution in [2.24, 2.45) is 7.05 Å². The van der Waals surface area contributed by atoms with Crippen LogP contribution in [0.4, 0.5) is 11.5 Å². The fraction of sp³-hybridized carbons (Fsp3) is 0.308. The molecule has 0 aliphatic carbocycles. The molecule has 0 spiro atoms. The molecule has 7 nitrogen and oxygen atoms in total. The molecule has 0 aliphatic rings. The Balaban J connectivity index is 2.62. The second-order valence-corrected chi connectivity index (χ2v) is 4.33. The summed E-state index contributed by atoms with van der Waals surface area (Å²) in [5.74, 6) is 0.793. The SMILES string of the molecule is CCc1c(-c2ccc(OC)c([N+](=O)[O-])c2)nn(C)c1N. The number of benzene rings is 1. The zero-order valence-corrected chi connectivity index (χ0v) is 11.6. The van der Waals surface area contributed by atoms with Crippen LogP contribution in [0.5, 0.6) is 5.75 Å². The number of hydrogen-bond acceptors (Lipinski definition) is 5. The van der Waals surface area contributed by atoms with Crippen molar-refractivity contribution in [1.29, 1.82) is 0 Å². The summed E-state index contributed by atoms with van der Waals surface area (Å²) < 4.78 is 6.56. The van der Waals surface area contributed by atoms with Gasteiger partial charge in [-0.2, -0.15) is 5.10 Å². The first-order chi connectivity index (χ1) is 9.49. The number of nitro groups is 1. The predicted octanol–water partition coefficient (Wildman–Crippen LogP) is 2.15. The second kappa shape index (κ2) is 5.20. The lowest BCUT2D eigenvalue weighted by Gasteiger charge is -2.04. The Labute approximate surface area is 116 Å². The van der Waals surface area contributed by atoms with Crippen molar-refractivity contribution in [3.63, 3.8) is 0 Å². The van der Waals surface area contributed by atoms with Gasteiger partial charge in [-0.25, -0.2) is 0 Å². The van der Waals surface area contributed by atoms with Gasteiger partial charge >= 0.3 is 5.69 Å². The van der Waals surface area contributed by atoms with E-state index in [1.165, 1.54) is 13.2 Å². The van der Waals surface area contributed by atoms with Crippen LogP contribution in [0.3, 0.4) is 0 Å². The van der Waals surface area contributed by atoms with Gasteiger partial charge in [-0.05, 0) is 18.6 Å². The van der Waals surface area contributed by atoms with Gasteiger partial charge < -0.3 is 10.5 Å². The molecule has 0 atom stereocenters. The molecule has 106 valence electrons. The number of ether oxygens (including phenoxy) is 1. The third kappa shape index (κ3) is 2.18. The third-order valence-electron chi connectivity index (χ3n) is 3.20. The van der Waals surface area contributed by atoms with Crippen LogP contribution in [0.15, 0.2) is 18.2 Å². The number of hydrogen-bond donors (Lipinski definition) is 1. The molecule has 1 heterocycles. The Bertz CT molecular complexity index is 664. The maximum atomic E-state index is 11.1. The first-order valence-corrected chi connectivity index (χ1v) is 6.13. The molecule has 0 radical (unpaired) electrons. The van der Waals surface area contributed by atoms with Crippen LogP contribution in [-0.2, 0) is 13.5 Å². The van der Waals surface area contributed by atoms with Crippen molar-refractivity contribution in [3.05, 3.63) is 33.9 Å². The van der Waals surface area contributed by atoms with Gasteiger partial charge in [0.05, 0.1) is 17.7 Å². The summed E-state index contributed by atoms with van der Waals surface area (Å²) in [7, 11) is 3.15. The van der Waals surface area contributed by atoms with Crippen molar-refractivity contribution in [1.82, 2.24) is 9.78 Å². The molecule has 2 rings (SSSR count). The highest BCUT2D eigenvalue weighted by Crippen LogP contribution is 2.34. The normalized spacial score (nSPS) is 10.6. The van der Waals surface area contributed by atoms with Gasteiger partial charge in [0.25, 0.3) is 0 Å². The minimum Gasteiger partial charge on any atom is -0.490 e. The van der Waals surface area contributed by atoms with E-state index in [9.17, 15) is 10.1 Å². The van der Waals surface area contributed by atoms with Gasteiger partial charge in [-0.3, -0.25) is 14.8 Å². The fourth-order valence-electron chi connectivity index (χ4n) is 2.14. The summed E-state index contributed by atoms with van der Waals surface area (Å²) in [6.07, 6.45) is 0.703. The van der Waals surface area contributed by atoms with Crippen LogP contribution in [0.1, 0.15) is 12.5 Å². The standard InChI is InChI=1S/C13H16N4O3/c1-4-9-12(15-16(2)13(9)14)8-5-6-11(20-3)10(7-8)17(18)19/h5-7H,4,14H2,1-3H3. The predicted molar refractivity (Wildman–Crippen MR) is 75.6 cm³/mol. The van der Waals surface area contributed by atoms with Crippen LogP contribution < -0.4 is 10.5 Å². The van der Waals surface area contributed by atoms with Crippen molar-refractivity contribution in [2.75, 3.05) is 12.8 Å². The summed E-state index contributed by atoms with van der Waals surface area (Å²) in [6.45, 7) is 1.97. The Morgan fingerprint density at radius 2 is 2.20 bits per heavy atom. The number of anilines is 1. The lowest BCUT2D eigenvalue weighted by atomic mass is 10.0. The van der Waals surface area contributed by atoms with Gasteiger partial charge in [0.15, 0.2) is 5.75 Å². The maximum absolute atomic E-state index is 11.1. The van der Waals surface area contributed by atoms with Crippen LogP contribution in [0.2, 0.25) is 0 Å². The second-order valence-electron chi connectivity index (χ2n) is 4.33. The largest absolute Gasteiger partial charge is 0.490 e. The third-order valence-corrected chi connectivity index (χ3v) is 3.20. The number of aromatic nitrogens is 2. The average Bonchev–Trinajstić information content (AvgIpc) is 2.73. The maximum Gasteiger partial charge on any atom is 0.311 e. The summed E-state index contributed by atoms with van der Waals surface area (Å²) in [5.41, 5.74) is 8.06. The molecule has 0 saturated heterocycles. The monoisotopic (exact) mass is 276 g/mol. The molecule has 0 amide bonds. The van der Waals surface area contributed by atoms with Gasteiger partial charge in [0.2, 0.25) is 0 Å². The zero-order chi connectivity index (χ0) is 14.9. The Hall–Kier alpha value is -2.57. The lowest BCUT2D eigenvalue weighted by Crippen LogP contribution is -1.98. The van der Waals surface area contributed by atoms with Gasteiger partial charge in [-0.15, -0.1) is 0 Å². The summed E-state index contributed by atoms with van der Waals surface area (Å²) in [4.78, 5) is 10.6. The molecule has 7 heteroatoms. The summed E-state index contributed by atoms with van der Waals surface area (Å²) in [5, 5.41) is 15.4. The number of nitrogens with two attached hydrogens (primary N) is 1. The molecule has 2 N–H and O–H groups in total. The Morgan fingerprint density at radius 3 is 2.75 bits per heavy atom. The number of nitro benzene ring substituents is 1. The van der Waals surface area contributed by atoms with Crippen LogP contribution >= 0.6 is 0 Å². The molecule has 0 aliphatic heterocycles. The Morgan fingerprint density at radius 1 is 1.50 bits per heavy atom. The number of nitrogens with zero attached hydrogens (tertiary/aromatic N) is 3. The highest BCUT2D eigenvalue weighted by atomic mass is 16.6. The molecule has 20 heavy (non-hydrogen) atoms. The van der Waals surface area contributed by atoms with Crippen molar-refractivity contribution in [3.8, 4) is 17.0 Å². The van der Waals surface area contributed by atoms with E-state index in [1.54, 1.807) is 23.9 Å². The number of rotatable bonds is 4. The van der Waals surface area contributed by atoms with Crippen LogP contribution in [-0.4, -0.2) is 21.8 Å². The molecule has 1 aromatic heterocycles. The zero-order valence-electron chi connectivity index (χ0n) is 11.6. The number of aryl methyl sites for hydroxylation is 1. The van der Waals surface area contributed by atoms with E-state index >= 15 is 0 Å². The van der Waals surface area contributed by atoms with Gasteiger partial charge in [0.1, 0.15) is 5.82 Å². The first kappa shape index (κ1) is 13.9. The Kier molecular flexibility index (Phi) is 3.60. The lowest BCUT2D eigenvalue weighted by molar-refractivity contribution is -0.385. The van der Waals surface area contributed by atoms with Crippen molar-refractivity contribution >= 4 is 11.5 Å². The molecule has 0 unspecified atom stereocenters.